The van der Waals surface area contributed by atoms with E-state index < -0.39 is 11.9 Å². The predicted octanol–water partition coefficient (Wildman–Crippen LogP) is 13.7. The molecule has 0 spiro atoms. The number of carboxylic acids is 1. The van der Waals surface area contributed by atoms with Crippen molar-refractivity contribution in [2.75, 3.05) is 33.7 Å². The number of nitrogens with one attached hydrogen (secondary N) is 1. The number of hydrogen-bond donors (Lipinski definition) is 2. The molecule has 12 rings (SSSR count). The average molecular weight is 1050 g/mol. The highest BCUT2D eigenvalue weighted by molar-refractivity contribution is 7.22. The molecule has 7 heterocycles. The second-order valence-electron chi connectivity index (χ2n) is 15.4. The number of pyridine rings is 3. The highest BCUT2D eigenvalue weighted by atomic mass is 32.1. The molecule has 11 aromatic rings. The maximum atomic E-state index is 13.1. The van der Waals surface area contributed by atoms with E-state index in [1.54, 1.807) is 69.2 Å². The van der Waals surface area contributed by atoms with Crippen LogP contribution in [-0.2, 0) is 4.79 Å². The predicted molar refractivity (Wildman–Crippen MR) is 286 cm³/mol. The number of hydrogen-bond acceptors (Lipinski definition) is 16. The molecule has 73 heavy (non-hydrogen) atoms. The molecule has 1 aliphatic rings. The third-order valence-electron chi connectivity index (χ3n) is 10.7. The molecule has 0 radical (unpaired) electrons. The van der Waals surface area contributed by atoms with Crippen LogP contribution in [0.4, 0.5) is 19.0 Å². The second kappa shape index (κ2) is 22.5. The van der Waals surface area contributed by atoms with Crippen LogP contribution in [0.2, 0.25) is 0 Å². The Balaban J connectivity index is 0.000000120. The number of thiazole rings is 4. The summed E-state index contributed by atoms with van der Waals surface area (Å²) >= 11 is 6.03. The lowest BCUT2D eigenvalue weighted by atomic mass is 10.1. The van der Waals surface area contributed by atoms with Crippen LogP contribution in [0.5, 0.6) is 17.2 Å². The molecule has 0 amide bonds. The van der Waals surface area contributed by atoms with E-state index in [1.165, 1.54) is 64.5 Å². The van der Waals surface area contributed by atoms with Gasteiger partial charge in [-0.3, -0.25) is 4.98 Å². The number of rotatable bonds is 9. The van der Waals surface area contributed by atoms with Crippen LogP contribution >= 0.6 is 45.3 Å². The molecule has 4 aromatic carbocycles. The van der Waals surface area contributed by atoms with Crippen molar-refractivity contribution in [3.63, 3.8) is 0 Å². The first-order valence-corrected chi connectivity index (χ1v) is 25.1. The maximum absolute atomic E-state index is 13.1. The summed E-state index contributed by atoms with van der Waals surface area (Å²) in [4.78, 5) is 40.9. The number of methoxy groups -OCH3 is 3. The first-order valence-electron chi connectivity index (χ1n) is 21.9. The van der Waals surface area contributed by atoms with Crippen LogP contribution in [0.25, 0.3) is 78.3 Å². The number of allylic oxidation sites excluding steroid dienone is 2. The summed E-state index contributed by atoms with van der Waals surface area (Å²) in [6.45, 7) is 0. The van der Waals surface area contributed by atoms with E-state index in [-0.39, 0.29) is 17.2 Å². The first kappa shape index (κ1) is 49.8. The highest BCUT2D eigenvalue weighted by Crippen LogP contribution is 2.36. The summed E-state index contributed by atoms with van der Waals surface area (Å²) < 4.78 is 58.8. The molecule has 2 N–H and O–H groups in total. The van der Waals surface area contributed by atoms with Gasteiger partial charge in [-0.2, -0.15) is 4.39 Å². The Morgan fingerprint density at radius 2 is 1.12 bits per heavy atom. The third kappa shape index (κ3) is 11.8. The zero-order valence-corrected chi connectivity index (χ0v) is 42.2. The number of anilines is 1. The van der Waals surface area contributed by atoms with Gasteiger partial charge in [0.2, 0.25) is 5.95 Å². The number of carbonyl (C=O) groups is 1. The molecule has 13 nitrogen and oxygen atoms in total. The van der Waals surface area contributed by atoms with Gasteiger partial charge in [0.05, 0.1) is 74.0 Å². The maximum Gasteiger partial charge on any atom is 0.336 e. The van der Waals surface area contributed by atoms with E-state index in [9.17, 15) is 18.0 Å². The van der Waals surface area contributed by atoms with Gasteiger partial charge in [-0.15, -0.1) is 45.3 Å². The summed E-state index contributed by atoms with van der Waals surface area (Å²) in [5.41, 5.74) is 6.44. The topological polar surface area (TPSA) is 167 Å². The quantitative estimate of drug-likeness (QED) is 0.131. The Hall–Kier alpha value is -8.17. The normalized spacial score (nSPS) is 11.7. The molecule has 0 saturated heterocycles. The zero-order valence-electron chi connectivity index (χ0n) is 39.0. The first-order chi connectivity index (χ1) is 35.5. The fraction of sp³-hybridized carbons (Fsp3) is 0.0943. The number of nitrogens with zero attached hydrogens (tertiary/aromatic N) is 7. The SMILES string of the molecule is CNc1ccc(-c2nc3cc(OC)ccc3s2)cn1.COc1ccc2sc(-c3cccc(F)n3)nc2c1.COc1ccc2sc(-c3cncc(F)c3)nc2c1.O=C(O)C1=C(c2nc3cc(F)ccc3s2)CC=C1. The number of aromatic nitrogens is 7. The van der Waals surface area contributed by atoms with Crippen molar-refractivity contribution in [2.24, 2.45) is 0 Å². The van der Waals surface area contributed by atoms with E-state index in [1.807, 2.05) is 80.0 Å². The fourth-order valence-corrected chi connectivity index (χ4v) is 10.9. The van der Waals surface area contributed by atoms with Gasteiger partial charge in [0, 0.05) is 60.4 Å². The smallest absolute Gasteiger partial charge is 0.336 e. The molecule has 0 saturated carbocycles. The van der Waals surface area contributed by atoms with E-state index in [4.69, 9.17) is 19.3 Å². The van der Waals surface area contributed by atoms with Crippen LogP contribution < -0.4 is 19.5 Å². The van der Waals surface area contributed by atoms with Crippen LogP contribution in [0.3, 0.4) is 0 Å². The van der Waals surface area contributed by atoms with Crippen molar-refractivity contribution >= 4 is 104 Å². The Bertz CT molecular complexity index is 3720. The summed E-state index contributed by atoms with van der Waals surface area (Å²) in [5, 5.41) is 15.2. The number of fused-ring (bicyclic) bond motifs is 4. The van der Waals surface area contributed by atoms with E-state index in [0.29, 0.717) is 38.8 Å². The Kier molecular flexibility index (Phi) is 15.3. The lowest BCUT2D eigenvalue weighted by Gasteiger charge is -1.99. The molecular formula is C53H39F3N8O5S4. The van der Waals surface area contributed by atoms with E-state index >= 15 is 0 Å². The summed E-state index contributed by atoms with van der Waals surface area (Å²) in [7, 11) is 6.74. The fourth-order valence-electron chi connectivity index (χ4n) is 7.12. The molecule has 20 heteroatoms. The molecule has 7 aromatic heterocycles. The average Bonchev–Trinajstić information content (AvgIpc) is 4.28. The van der Waals surface area contributed by atoms with Gasteiger partial charge < -0.3 is 24.6 Å². The second-order valence-corrected chi connectivity index (χ2v) is 19.5. The van der Waals surface area contributed by atoms with Crippen molar-refractivity contribution < 1.29 is 37.3 Å². The largest absolute Gasteiger partial charge is 0.497 e. The van der Waals surface area contributed by atoms with Gasteiger partial charge in [0.1, 0.15) is 60.4 Å². The van der Waals surface area contributed by atoms with Crippen LogP contribution in [0.15, 0.2) is 146 Å². The van der Waals surface area contributed by atoms with Gasteiger partial charge >= 0.3 is 5.97 Å². The van der Waals surface area contributed by atoms with E-state index in [0.717, 1.165) is 74.0 Å². The van der Waals surface area contributed by atoms with Crippen molar-refractivity contribution in [2.45, 2.75) is 6.42 Å². The third-order valence-corrected chi connectivity index (χ3v) is 15.0. The number of carboxylic acid groups (broad SMARTS) is 1. The Morgan fingerprint density at radius 3 is 1.67 bits per heavy atom. The monoisotopic (exact) mass is 1050 g/mol. The molecule has 0 atom stereocenters. The summed E-state index contributed by atoms with van der Waals surface area (Å²) in [6.07, 6.45) is 8.57. The van der Waals surface area contributed by atoms with Gasteiger partial charge in [-0.1, -0.05) is 18.2 Å². The van der Waals surface area contributed by atoms with Gasteiger partial charge in [-0.05, 0) is 85.3 Å². The van der Waals surface area contributed by atoms with Crippen molar-refractivity contribution in [1.82, 2.24) is 34.9 Å². The number of halogens is 3. The van der Waals surface area contributed by atoms with Crippen molar-refractivity contribution in [3.8, 4) is 49.1 Å². The minimum atomic E-state index is -0.954. The van der Waals surface area contributed by atoms with Crippen LogP contribution in [0.1, 0.15) is 11.4 Å². The highest BCUT2D eigenvalue weighted by Gasteiger charge is 2.20. The van der Waals surface area contributed by atoms with E-state index in [2.05, 4.69) is 40.2 Å². The lowest BCUT2D eigenvalue weighted by Crippen LogP contribution is -1.98. The molecule has 1 aliphatic carbocycles. The van der Waals surface area contributed by atoms with Gasteiger partial charge in [0.25, 0.3) is 0 Å². The number of ether oxygens (including phenoxy) is 3. The van der Waals surface area contributed by atoms with Crippen LogP contribution in [-0.4, -0.2) is 74.3 Å². The molecule has 0 fully saturated rings. The number of aliphatic carboxylic acids is 1. The molecule has 0 unspecified atom stereocenters. The standard InChI is InChI=1S/C14H13N3OS.2C13H9FN2OS.C13H8FNO2S/c1-15-13-6-3-9(8-16-13)14-17-11-7-10(18-2)4-5-12(11)19-14;1-17-10-2-3-12-11(5-10)16-13(18-12)8-4-9(14)7-15-6-8;1-17-8-5-6-11-10(7-8)16-13(18-11)9-3-2-4-12(14)15-9;14-7-4-5-11-10(6-7)15-12(18-11)8-2-1-3-9(8)13(16)17/h3-8H,1-2H3,(H,15,16);2*2-7H,1H3;1,3-6H,2H2,(H,16,17). The van der Waals surface area contributed by atoms with Crippen LogP contribution in [0, 0.1) is 17.6 Å². The molecular weight excluding hydrogens is 1010 g/mol. The molecule has 0 aliphatic heterocycles. The Labute approximate surface area is 430 Å². The Morgan fingerprint density at radius 1 is 0.575 bits per heavy atom. The molecule has 0 bridgehead atoms. The number of benzene rings is 4. The molecule has 366 valence electrons. The minimum Gasteiger partial charge on any atom is -0.497 e. The minimum absolute atomic E-state index is 0.273. The van der Waals surface area contributed by atoms with Gasteiger partial charge in [0.15, 0.2) is 0 Å². The van der Waals surface area contributed by atoms with Crippen molar-refractivity contribution in [1.29, 1.82) is 0 Å². The summed E-state index contributed by atoms with van der Waals surface area (Å²) in [5.74, 6) is 1.05. The lowest BCUT2D eigenvalue weighted by molar-refractivity contribution is -0.132. The zero-order chi connectivity index (χ0) is 51.0. The van der Waals surface area contributed by atoms with Crippen molar-refractivity contribution in [3.05, 3.63) is 168 Å². The van der Waals surface area contributed by atoms with Gasteiger partial charge in [-0.25, -0.2) is 43.5 Å². The summed E-state index contributed by atoms with van der Waals surface area (Å²) in [6, 6.07) is 31.8.